The Morgan fingerprint density at radius 3 is 2.50 bits per heavy atom. The minimum absolute atomic E-state index is 0.110. The lowest BCUT2D eigenvalue weighted by molar-refractivity contribution is 0.183. The minimum Gasteiger partial charge on any atom is -0.459 e. The molecule has 1 aromatic carbocycles. The van der Waals surface area contributed by atoms with Crippen molar-refractivity contribution in [3.05, 3.63) is 26.9 Å². The van der Waals surface area contributed by atoms with Crippen LogP contribution in [-0.4, -0.2) is 6.86 Å². The van der Waals surface area contributed by atoms with Gasteiger partial charge in [-0.15, -0.1) is 0 Å². The summed E-state index contributed by atoms with van der Waals surface area (Å²) in [6, 6.07) is 2.78. The summed E-state index contributed by atoms with van der Waals surface area (Å²) in [5.41, 5.74) is 0. The van der Waals surface area contributed by atoms with Gasteiger partial charge in [-0.3, -0.25) is 0 Å². The van der Waals surface area contributed by atoms with Crippen LogP contribution in [0.4, 0.5) is 8.78 Å². The molecular formula is C7H4Br2F2O. The van der Waals surface area contributed by atoms with Crippen molar-refractivity contribution in [2.75, 3.05) is 6.86 Å². The first-order chi connectivity index (χ1) is 5.65. The molecule has 0 unspecified atom stereocenters. The molecule has 0 atom stereocenters. The monoisotopic (exact) mass is 300 g/mol. The summed E-state index contributed by atoms with van der Waals surface area (Å²) < 4.78 is 30.0. The van der Waals surface area contributed by atoms with Crippen LogP contribution in [0.3, 0.4) is 0 Å². The second kappa shape index (κ2) is 4.18. The standard InChI is InChI=1S/C7H4Br2F2O/c8-4-1-5(9)7(12-3-10)6(11)2-4/h1-2H,3H2. The molecule has 1 nitrogen and oxygen atoms in total. The normalized spacial score (nSPS) is 10.0. The summed E-state index contributed by atoms with van der Waals surface area (Å²) >= 11 is 6.12. The van der Waals surface area contributed by atoms with Crippen LogP contribution in [0.25, 0.3) is 0 Å². The van der Waals surface area contributed by atoms with E-state index in [0.717, 1.165) is 0 Å². The summed E-state index contributed by atoms with van der Waals surface area (Å²) in [7, 11) is 0. The van der Waals surface area contributed by atoms with Gasteiger partial charge in [0.1, 0.15) is 0 Å². The van der Waals surface area contributed by atoms with Gasteiger partial charge < -0.3 is 4.74 Å². The predicted octanol–water partition coefficient (Wildman–Crippen LogP) is 3.66. The van der Waals surface area contributed by atoms with Crippen molar-refractivity contribution in [3.63, 3.8) is 0 Å². The number of alkyl halides is 1. The van der Waals surface area contributed by atoms with E-state index < -0.39 is 12.7 Å². The molecule has 1 rings (SSSR count). The second-order valence-electron chi connectivity index (χ2n) is 1.95. The van der Waals surface area contributed by atoms with Crippen molar-refractivity contribution >= 4 is 31.9 Å². The third kappa shape index (κ3) is 2.17. The van der Waals surface area contributed by atoms with Gasteiger partial charge in [-0.2, -0.15) is 0 Å². The highest BCUT2D eigenvalue weighted by Crippen LogP contribution is 2.31. The number of hydrogen-bond donors (Lipinski definition) is 0. The lowest BCUT2D eigenvalue weighted by atomic mass is 10.3. The van der Waals surface area contributed by atoms with E-state index in [9.17, 15) is 8.78 Å². The molecule has 0 radical (unpaired) electrons. The van der Waals surface area contributed by atoms with Gasteiger partial charge in [0.15, 0.2) is 11.6 Å². The first-order valence-corrected chi connectivity index (χ1v) is 4.57. The number of rotatable bonds is 2. The zero-order chi connectivity index (χ0) is 9.14. The van der Waals surface area contributed by atoms with Crippen molar-refractivity contribution in [1.29, 1.82) is 0 Å². The maximum Gasteiger partial charge on any atom is 0.228 e. The highest BCUT2D eigenvalue weighted by atomic mass is 79.9. The average Bonchev–Trinajstić information content (AvgIpc) is 1.96. The maximum atomic E-state index is 12.9. The smallest absolute Gasteiger partial charge is 0.228 e. The van der Waals surface area contributed by atoms with Gasteiger partial charge >= 0.3 is 0 Å². The van der Waals surface area contributed by atoms with E-state index in [1.54, 1.807) is 6.07 Å². The van der Waals surface area contributed by atoms with Gasteiger partial charge in [0.2, 0.25) is 6.86 Å². The second-order valence-corrected chi connectivity index (χ2v) is 3.72. The Hall–Kier alpha value is -0.160. The van der Waals surface area contributed by atoms with E-state index in [-0.39, 0.29) is 5.75 Å². The molecular weight excluding hydrogens is 298 g/mol. The van der Waals surface area contributed by atoms with Crippen LogP contribution in [0.2, 0.25) is 0 Å². The van der Waals surface area contributed by atoms with Gasteiger partial charge in [0.05, 0.1) is 4.47 Å². The molecule has 0 spiro atoms. The molecule has 0 heterocycles. The lowest BCUT2D eigenvalue weighted by Crippen LogP contribution is -1.94. The van der Waals surface area contributed by atoms with Crippen LogP contribution in [0, 0.1) is 5.82 Å². The van der Waals surface area contributed by atoms with Crippen molar-refractivity contribution in [1.82, 2.24) is 0 Å². The molecule has 66 valence electrons. The van der Waals surface area contributed by atoms with Gasteiger partial charge in [0, 0.05) is 4.47 Å². The molecule has 0 saturated heterocycles. The highest BCUT2D eigenvalue weighted by Gasteiger charge is 2.09. The average molecular weight is 302 g/mol. The molecule has 0 N–H and O–H groups in total. The summed E-state index contributed by atoms with van der Waals surface area (Å²) in [6.45, 7) is -1.04. The first-order valence-electron chi connectivity index (χ1n) is 2.98. The van der Waals surface area contributed by atoms with E-state index in [1.807, 2.05) is 0 Å². The Balaban J connectivity index is 3.10. The topological polar surface area (TPSA) is 9.23 Å². The SMILES string of the molecule is FCOc1c(F)cc(Br)cc1Br. The Bertz CT molecular complexity index is 268. The molecule has 0 fully saturated rings. The molecule has 0 saturated carbocycles. The van der Waals surface area contributed by atoms with E-state index in [4.69, 9.17) is 0 Å². The quantitative estimate of drug-likeness (QED) is 0.810. The molecule has 0 bridgehead atoms. The third-order valence-corrected chi connectivity index (χ3v) is 2.21. The Kier molecular flexibility index (Phi) is 3.46. The van der Waals surface area contributed by atoms with Crippen molar-refractivity contribution in [2.45, 2.75) is 0 Å². The number of ether oxygens (including phenoxy) is 1. The molecule has 0 aromatic heterocycles. The molecule has 0 aliphatic rings. The van der Waals surface area contributed by atoms with Crippen LogP contribution in [0.5, 0.6) is 5.75 Å². The van der Waals surface area contributed by atoms with Crippen LogP contribution >= 0.6 is 31.9 Å². The Morgan fingerprint density at radius 1 is 1.33 bits per heavy atom. The Labute approximate surface area is 85.0 Å². The fraction of sp³-hybridized carbons (Fsp3) is 0.143. The zero-order valence-electron chi connectivity index (χ0n) is 5.78. The molecule has 0 aliphatic carbocycles. The molecule has 1 aromatic rings. The fourth-order valence-electron chi connectivity index (χ4n) is 0.721. The van der Waals surface area contributed by atoms with Crippen LogP contribution in [-0.2, 0) is 0 Å². The van der Waals surface area contributed by atoms with Crippen LogP contribution in [0.15, 0.2) is 21.1 Å². The summed E-state index contributed by atoms with van der Waals surface area (Å²) in [5, 5.41) is 0. The van der Waals surface area contributed by atoms with E-state index in [2.05, 4.69) is 36.6 Å². The van der Waals surface area contributed by atoms with E-state index >= 15 is 0 Å². The van der Waals surface area contributed by atoms with Gasteiger partial charge in [-0.05, 0) is 28.1 Å². The zero-order valence-corrected chi connectivity index (χ0v) is 8.95. The molecule has 0 aliphatic heterocycles. The largest absolute Gasteiger partial charge is 0.459 e. The summed E-state index contributed by atoms with van der Waals surface area (Å²) in [4.78, 5) is 0. The summed E-state index contributed by atoms with van der Waals surface area (Å²) in [5.74, 6) is -0.713. The lowest BCUT2D eigenvalue weighted by Gasteiger charge is -2.05. The number of benzene rings is 1. The van der Waals surface area contributed by atoms with Crippen LogP contribution < -0.4 is 4.74 Å². The predicted molar refractivity (Wildman–Crippen MR) is 48.4 cm³/mol. The first kappa shape index (κ1) is 9.92. The Morgan fingerprint density at radius 2 is 2.00 bits per heavy atom. The molecule has 12 heavy (non-hydrogen) atoms. The van der Waals surface area contributed by atoms with E-state index in [1.165, 1.54) is 6.07 Å². The van der Waals surface area contributed by atoms with Gasteiger partial charge in [-0.1, -0.05) is 15.9 Å². The van der Waals surface area contributed by atoms with Crippen molar-refractivity contribution in [3.8, 4) is 5.75 Å². The van der Waals surface area contributed by atoms with Gasteiger partial charge in [0.25, 0.3) is 0 Å². The molecule has 0 amide bonds. The van der Waals surface area contributed by atoms with Crippen molar-refractivity contribution < 1.29 is 13.5 Å². The number of hydrogen-bond acceptors (Lipinski definition) is 1. The minimum atomic E-state index is -1.04. The third-order valence-electron chi connectivity index (χ3n) is 1.16. The van der Waals surface area contributed by atoms with Crippen LogP contribution in [0.1, 0.15) is 0 Å². The number of halogens is 4. The van der Waals surface area contributed by atoms with Crippen molar-refractivity contribution in [2.24, 2.45) is 0 Å². The fourth-order valence-corrected chi connectivity index (χ4v) is 2.01. The molecule has 5 heteroatoms. The maximum absolute atomic E-state index is 12.9. The highest BCUT2D eigenvalue weighted by molar-refractivity contribution is 9.11. The van der Waals surface area contributed by atoms with Gasteiger partial charge in [-0.25, -0.2) is 8.78 Å². The summed E-state index contributed by atoms with van der Waals surface area (Å²) in [6.07, 6.45) is 0. The van der Waals surface area contributed by atoms with E-state index in [0.29, 0.717) is 8.95 Å².